The van der Waals surface area contributed by atoms with E-state index in [0.29, 0.717) is 0 Å². The fraction of sp³-hybridized carbons (Fsp3) is 0.167. The molecule has 0 unspecified atom stereocenters. The van der Waals surface area contributed by atoms with E-state index >= 15 is 0 Å². The number of hydrogen-bond acceptors (Lipinski definition) is 3. The van der Waals surface area contributed by atoms with Crippen molar-refractivity contribution in [3.8, 4) is 0 Å². The summed E-state index contributed by atoms with van der Waals surface area (Å²) in [7, 11) is 0. The van der Waals surface area contributed by atoms with Gasteiger partial charge in [-0.1, -0.05) is 12.1 Å². The summed E-state index contributed by atoms with van der Waals surface area (Å²) >= 11 is 1.77. The molecular weight excluding hydrogens is 206 g/mol. The van der Waals surface area contributed by atoms with Crippen molar-refractivity contribution in [2.45, 2.75) is 6.54 Å². The van der Waals surface area contributed by atoms with Gasteiger partial charge in [0.15, 0.2) is 0 Å². The molecule has 0 amide bonds. The number of hydrogen-bond donors (Lipinski definition) is 1. The van der Waals surface area contributed by atoms with Gasteiger partial charge in [0.2, 0.25) is 0 Å². The molecular formula is C12H13NOS. The number of thiophene rings is 1. The first-order valence-corrected chi connectivity index (χ1v) is 5.76. The number of nitrogens with one attached hydrogen (secondary N) is 1. The van der Waals surface area contributed by atoms with Crippen molar-refractivity contribution in [2.75, 3.05) is 6.54 Å². The molecule has 0 bridgehead atoms. The van der Waals surface area contributed by atoms with E-state index in [1.807, 2.05) is 18.2 Å². The zero-order valence-corrected chi connectivity index (χ0v) is 9.17. The Morgan fingerprint density at radius 3 is 3.07 bits per heavy atom. The van der Waals surface area contributed by atoms with Gasteiger partial charge in [-0.15, -0.1) is 11.3 Å². The van der Waals surface area contributed by atoms with E-state index < -0.39 is 0 Å². The third-order valence-electron chi connectivity index (χ3n) is 1.97. The lowest BCUT2D eigenvalue weighted by Crippen LogP contribution is -2.11. The number of furan rings is 1. The minimum Gasteiger partial charge on any atom is -0.465 e. The SMILES string of the molecule is C(=C\c1ccco1)/CNCc1cccs1. The van der Waals surface area contributed by atoms with E-state index in [1.165, 1.54) is 4.88 Å². The Balaban J connectivity index is 1.67. The minimum absolute atomic E-state index is 0.860. The largest absolute Gasteiger partial charge is 0.465 e. The first-order chi connectivity index (χ1) is 7.45. The Hall–Kier alpha value is -1.32. The maximum Gasteiger partial charge on any atom is 0.126 e. The highest BCUT2D eigenvalue weighted by molar-refractivity contribution is 7.09. The lowest BCUT2D eigenvalue weighted by atomic mass is 10.4. The average Bonchev–Trinajstić information content (AvgIpc) is 2.88. The van der Waals surface area contributed by atoms with E-state index in [0.717, 1.165) is 18.8 Å². The molecule has 2 aromatic heterocycles. The summed E-state index contributed by atoms with van der Waals surface area (Å²) in [6.45, 7) is 1.79. The fourth-order valence-electron chi connectivity index (χ4n) is 1.25. The van der Waals surface area contributed by atoms with Crippen LogP contribution in [0, 0.1) is 0 Å². The highest BCUT2D eigenvalue weighted by Crippen LogP contribution is 2.07. The van der Waals surface area contributed by atoms with Crippen molar-refractivity contribution in [2.24, 2.45) is 0 Å². The quantitative estimate of drug-likeness (QED) is 0.781. The lowest BCUT2D eigenvalue weighted by Gasteiger charge is -1.96. The Bertz CT molecular complexity index is 389. The molecule has 0 fully saturated rings. The second-order valence-corrected chi connectivity index (χ2v) is 4.16. The maximum atomic E-state index is 5.17. The highest BCUT2D eigenvalue weighted by Gasteiger charge is 1.90. The standard InChI is InChI=1S/C12H13NOS/c1(4-11-5-2-8-14-11)7-13-10-12-6-3-9-15-12/h1-6,8-9,13H,7,10H2/b4-1+. The van der Waals surface area contributed by atoms with E-state index in [2.05, 4.69) is 28.9 Å². The first-order valence-electron chi connectivity index (χ1n) is 4.88. The van der Waals surface area contributed by atoms with Crippen LogP contribution in [0.4, 0.5) is 0 Å². The Kier molecular flexibility index (Phi) is 3.77. The zero-order chi connectivity index (χ0) is 10.3. The molecule has 1 N–H and O–H groups in total. The van der Waals surface area contributed by atoms with Crippen LogP contribution in [0.2, 0.25) is 0 Å². The molecule has 0 radical (unpaired) electrons. The van der Waals surface area contributed by atoms with Gasteiger partial charge in [-0.25, -0.2) is 0 Å². The van der Waals surface area contributed by atoms with Crippen molar-refractivity contribution >= 4 is 17.4 Å². The highest BCUT2D eigenvalue weighted by atomic mass is 32.1. The van der Waals surface area contributed by atoms with E-state index in [9.17, 15) is 0 Å². The Morgan fingerprint density at radius 2 is 2.33 bits per heavy atom. The molecule has 15 heavy (non-hydrogen) atoms. The second-order valence-electron chi connectivity index (χ2n) is 3.13. The van der Waals surface area contributed by atoms with Crippen LogP contribution in [-0.4, -0.2) is 6.54 Å². The third-order valence-corrected chi connectivity index (χ3v) is 2.84. The van der Waals surface area contributed by atoms with E-state index in [1.54, 1.807) is 17.6 Å². The molecule has 0 aliphatic carbocycles. The first kappa shape index (κ1) is 10.2. The second kappa shape index (κ2) is 5.53. The Labute approximate surface area is 93.2 Å². The van der Waals surface area contributed by atoms with Crippen LogP contribution in [0.15, 0.2) is 46.4 Å². The summed E-state index contributed by atoms with van der Waals surface area (Å²) in [4.78, 5) is 1.36. The molecule has 0 aromatic carbocycles. The summed E-state index contributed by atoms with van der Waals surface area (Å²) in [6, 6.07) is 8.03. The molecule has 2 aromatic rings. The van der Waals surface area contributed by atoms with Gasteiger partial charge in [0.05, 0.1) is 6.26 Å². The molecule has 0 aliphatic heterocycles. The average molecular weight is 219 g/mol. The molecule has 0 saturated carbocycles. The van der Waals surface area contributed by atoms with Crippen LogP contribution in [0.25, 0.3) is 6.08 Å². The molecule has 78 valence electrons. The predicted octanol–water partition coefficient (Wildman–Crippen LogP) is 3.14. The smallest absolute Gasteiger partial charge is 0.126 e. The molecule has 0 saturated heterocycles. The van der Waals surface area contributed by atoms with Crippen LogP contribution < -0.4 is 5.32 Å². The van der Waals surface area contributed by atoms with Crippen LogP contribution in [0.5, 0.6) is 0 Å². The molecule has 2 rings (SSSR count). The molecule has 0 aliphatic rings. The summed E-state index contributed by atoms with van der Waals surface area (Å²) < 4.78 is 5.17. The van der Waals surface area contributed by atoms with Gasteiger partial charge in [-0.3, -0.25) is 0 Å². The van der Waals surface area contributed by atoms with Gasteiger partial charge in [0, 0.05) is 18.0 Å². The third kappa shape index (κ3) is 3.38. The summed E-state index contributed by atoms with van der Waals surface area (Å²) in [6.07, 6.45) is 5.71. The zero-order valence-electron chi connectivity index (χ0n) is 8.35. The van der Waals surface area contributed by atoms with Gasteiger partial charge in [-0.2, -0.15) is 0 Å². The van der Waals surface area contributed by atoms with Crippen molar-refractivity contribution in [3.63, 3.8) is 0 Å². The van der Waals surface area contributed by atoms with Gasteiger partial charge in [-0.05, 0) is 29.7 Å². The van der Waals surface area contributed by atoms with Crippen molar-refractivity contribution in [3.05, 3.63) is 52.6 Å². The van der Waals surface area contributed by atoms with E-state index in [-0.39, 0.29) is 0 Å². The van der Waals surface area contributed by atoms with E-state index in [4.69, 9.17) is 4.42 Å². The summed E-state index contributed by atoms with van der Waals surface area (Å²) in [5.74, 6) is 0.896. The molecule has 2 heterocycles. The van der Waals surface area contributed by atoms with Crippen molar-refractivity contribution < 1.29 is 4.42 Å². The molecule has 2 nitrogen and oxygen atoms in total. The normalized spacial score (nSPS) is 11.2. The molecule has 0 spiro atoms. The topological polar surface area (TPSA) is 25.2 Å². The van der Waals surface area contributed by atoms with Gasteiger partial charge < -0.3 is 9.73 Å². The van der Waals surface area contributed by atoms with Crippen molar-refractivity contribution in [1.82, 2.24) is 5.32 Å². The van der Waals surface area contributed by atoms with Gasteiger partial charge >= 0.3 is 0 Å². The monoisotopic (exact) mass is 219 g/mol. The fourth-order valence-corrected chi connectivity index (χ4v) is 1.93. The van der Waals surface area contributed by atoms with Gasteiger partial charge in [0.25, 0.3) is 0 Å². The maximum absolute atomic E-state index is 5.17. The van der Waals surface area contributed by atoms with Crippen LogP contribution in [0.3, 0.4) is 0 Å². The predicted molar refractivity (Wildman–Crippen MR) is 63.8 cm³/mol. The number of rotatable bonds is 5. The van der Waals surface area contributed by atoms with Gasteiger partial charge in [0.1, 0.15) is 5.76 Å². The minimum atomic E-state index is 0.860. The lowest BCUT2D eigenvalue weighted by molar-refractivity contribution is 0.556. The molecule has 3 heteroatoms. The van der Waals surface area contributed by atoms with Crippen LogP contribution >= 0.6 is 11.3 Å². The Morgan fingerprint density at radius 1 is 1.33 bits per heavy atom. The molecule has 0 atom stereocenters. The summed E-state index contributed by atoms with van der Waals surface area (Å²) in [5.41, 5.74) is 0. The van der Waals surface area contributed by atoms with Crippen molar-refractivity contribution in [1.29, 1.82) is 0 Å². The van der Waals surface area contributed by atoms with Crippen LogP contribution in [-0.2, 0) is 6.54 Å². The summed E-state index contributed by atoms with van der Waals surface area (Å²) in [5, 5.41) is 5.43. The van der Waals surface area contributed by atoms with Crippen LogP contribution in [0.1, 0.15) is 10.6 Å².